The molecule has 44 valence electrons. The largest absolute Gasteiger partial charge is 0.504 e. The third kappa shape index (κ3) is 5.02. The maximum atomic E-state index is 4.62. The number of ether oxygens (including phenoxy) is 1. The van der Waals surface area contributed by atoms with Gasteiger partial charge in [-0.25, -0.2) is 0 Å². The second-order valence-electron chi connectivity index (χ2n) is 1.18. The quantitative estimate of drug-likeness (QED) is 0.398. The first-order valence-electron chi connectivity index (χ1n) is 2.39. The Morgan fingerprint density at radius 3 is 2.50 bits per heavy atom. The molecule has 0 aromatic rings. The van der Waals surface area contributed by atoms with Crippen LogP contribution in [0.4, 0.5) is 0 Å². The maximum absolute atomic E-state index is 4.62. The van der Waals surface area contributed by atoms with E-state index in [4.69, 9.17) is 0 Å². The first kappa shape index (κ1) is 7.02. The molecule has 0 unspecified atom stereocenters. The first-order valence-corrected chi connectivity index (χ1v) is 2.39. The molecule has 0 atom stereocenters. The van der Waals surface area contributed by atoms with Crippen molar-refractivity contribution in [2.45, 2.75) is 0 Å². The van der Waals surface area contributed by atoms with Crippen molar-refractivity contribution in [2.75, 3.05) is 7.11 Å². The minimum Gasteiger partial charge on any atom is -0.504 e. The molecule has 0 spiro atoms. The minimum absolute atomic E-state index is 1.60. The summed E-state index contributed by atoms with van der Waals surface area (Å²) in [7, 11) is 1.61. The number of allylic oxidation sites excluding steroid dienone is 4. The second-order valence-corrected chi connectivity index (χ2v) is 1.18. The van der Waals surface area contributed by atoms with E-state index >= 15 is 0 Å². The molecule has 1 heteroatoms. The average Bonchev–Trinajstić information content (AvgIpc) is 1.81. The summed E-state index contributed by atoms with van der Waals surface area (Å²) in [5.74, 6) is 0. The molecule has 0 N–H and O–H groups in total. The standard InChI is InChI=1S/C7H10O/c1-3-4-5-6-7-8-2/h3-7H,1H2,2H3. The van der Waals surface area contributed by atoms with E-state index in [-0.39, 0.29) is 0 Å². The molecule has 0 radical (unpaired) electrons. The summed E-state index contributed by atoms with van der Waals surface area (Å²) in [5, 5.41) is 0. The van der Waals surface area contributed by atoms with E-state index in [1.165, 1.54) is 0 Å². The van der Waals surface area contributed by atoms with E-state index in [0.29, 0.717) is 0 Å². The van der Waals surface area contributed by atoms with Gasteiger partial charge < -0.3 is 4.74 Å². The fourth-order valence-corrected chi connectivity index (χ4v) is 0.267. The number of hydrogen-bond acceptors (Lipinski definition) is 1. The zero-order valence-corrected chi connectivity index (χ0v) is 5.00. The first-order chi connectivity index (χ1) is 3.91. The molecule has 0 aliphatic heterocycles. The fourth-order valence-electron chi connectivity index (χ4n) is 0.267. The molecule has 0 amide bonds. The SMILES string of the molecule is C=CC=CC=COC. The van der Waals surface area contributed by atoms with Gasteiger partial charge >= 0.3 is 0 Å². The summed E-state index contributed by atoms with van der Waals surface area (Å²) < 4.78 is 4.62. The summed E-state index contributed by atoms with van der Waals surface area (Å²) in [6.45, 7) is 3.50. The van der Waals surface area contributed by atoms with Crippen molar-refractivity contribution in [2.24, 2.45) is 0 Å². The average molecular weight is 110 g/mol. The van der Waals surface area contributed by atoms with Crippen LogP contribution in [0.25, 0.3) is 0 Å². The lowest BCUT2D eigenvalue weighted by Crippen LogP contribution is -1.59. The Bertz CT molecular complexity index is 101. The normalized spacial score (nSPS) is 10.6. The van der Waals surface area contributed by atoms with E-state index in [1.807, 2.05) is 12.2 Å². The summed E-state index contributed by atoms with van der Waals surface area (Å²) in [6.07, 6.45) is 8.77. The van der Waals surface area contributed by atoms with Gasteiger partial charge in [-0.15, -0.1) is 0 Å². The lowest BCUT2D eigenvalue weighted by Gasteiger charge is -1.79. The van der Waals surface area contributed by atoms with Crippen LogP contribution in [0.5, 0.6) is 0 Å². The van der Waals surface area contributed by atoms with Gasteiger partial charge in [0, 0.05) is 0 Å². The van der Waals surface area contributed by atoms with Crippen molar-refractivity contribution in [1.29, 1.82) is 0 Å². The molecule has 0 saturated carbocycles. The molecule has 0 rings (SSSR count). The Kier molecular flexibility index (Phi) is 5.28. The molecule has 0 heterocycles. The molecule has 8 heavy (non-hydrogen) atoms. The van der Waals surface area contributed by atoms with Gasteiger partial charge in [-0.3, -0.25) is 0 Å². The number of rotatable bonds is 3. The van der Waals surface area contributed by atoms with Gasteiger partial charge in [0.25, 0.3) is 0 Å². The minimum atomic E-state index is 1.60. The third-order valence-corrected chi connectivity index (χ3v) is 0.573. The Morgan fingerprint density at radius 1 is 1.25 bits per heavy atom. The zero-order valence-electron chi connectivity index (χ0n) is 5.00. The van der Waals surface area contributed by atoms with Crippen LogP contribution in [-0.2, 0) is 4.74 Å². The van der Waals surface area contributed by atoms with E-state index in [9.17, 15) is 0 Å². The van der Waals surface area contributed by atoms with Gasteiger partial charge in [0.2, 0.25) is 0 Å². The van der Waals surface area contributed by atoms with Crippen molar-refractivity contribution < 1.29 is 4.74 Å². The van der Waals surface area contributed by atoms with E-state index in [0.717, 1.165) is 0 Å². The van der Waals surface area contributed by atoms with Gasteiger partial charge in [-0.2, -0.15) is 0 Å². The molecule has 0 bridgehead atoms. The smallest absolute Gasteiger partial charge is 0.0824 e. The molecule has 0 aliphatic carbocycles. The Balaban J connectivity index is 3.26. The summed E-state index contributed by atoms with van der Waals surface area (Å²) in [4.78, 5) is 0. The van der Waals surface area contributed by atoms with Crippen LogP contribution in [0.15, 0.2) is 37.1 Å². The number of methoxy groups -OCH3 is 1. The van der Waals surface area contributed by atoms with Crippen molar-refractivity contribution in [3.05, 3.63) is 37.1 Å². The second kappa shape index (κ2) is 6.02. The van der Waals surface area contributed by atoms with Crippen LogP contribution in [0.3, 0.4) is 0 Å². The summed E-state index contributed by atoms with van der Waals surface area (Å²) in [5.41, 5.74) is 0. The van der Waals surface area contributed by atoms with Crippen LogP contribution < -0.4 is 0 Å². The van der Waals surface area contributed by atoms with Crippen molar-refractivity contribution in [3.8, 4) is 0 Å². The molecule has 0 aliphatic rings. The lowest BCUT2D eigenvalue weighted by molar-refractivity contribution is 0.338. The van der Waals surface area contributed by atoms with Gasteiger partial charge in [-0.05, 0) is 6.08 Å². The lowest BCUT2D eigenvalue weighted by atomic mass is 10.5. The summed E-state index contributed by atoms with van der Waals surface area (Å²) in [6, 6.07) is 0. The van der Waals surface area contributed by atoms with E-state index < -0.39 is 0 Å². The Morgan fingerprint density at radius 2 is 2.00 bits per heavy atom. The molecule has 0 aromatic carbocycles. The molecular formula is C7H10O. The van der Waals surface area contributed by atoms with E-state index in [1.54, 1.807) is 25.5 Å². The molecule has 0 aromatic heterocycles. The van der Waals surface area contributed by atoms with Crippen molar-refractivity contribution in [3.63, 3.8) is 0 Å². The highest BCUT2D eigenvalue weighted by atomic mass is 16.5. The van der Waals surface area contributed by atoms with Crippen LogP contribution in [-0.4, -0.2) is 7.11 Å². The van der Waals surface area contributed by atoms with Gasteiger partial charge in [0.15, 0.2) is 0 Å². The predicted molar refractivity (Wildman–Crippen MR) is 35.5 cm³/mol. The predicted octanol–water partition coefficient (Wildman–Crippen LogP) is 1.89. The maximum Gasteiger partial charge on any atom is 0.0824 e. The van der Waals surface area contributed by atoms with Crippen molar-refractivity contribution >= 4 is 0 Å². The topological polar surface area (TPSA) is 9.23 Å². The third-order valence-electron chi connectivity index (χ3n) is 0.573. The van der Waals surface area contributed by atoms with E-state index in [2.05, 4.69) is 11.3 Å². The number of hydrogen-bond donors (Lipinski definition) is 0. The monoisotopic (exact) mass is 110 g/mol. The van der Waals surface area contributed by atoms with Crippen LogP contribution in [0.1, 0.15) is 0 Å². The Hall–Kier alpha value is -0.980. The van der Waals surface area contributed by atoms with Gasteiger partial charge in [0.05, 0.1) is 13.4 Å². The molecule has 0 fully saturated rings. The molecular weight excluding hydrogens is 100 g/mol. The van der Waals surface area contributed by atoms with Crippen LogP contribution in [0.2, 0.25) is 0 Å². The molecule has 0 saturated heterocycles. The fraction of sp³-hybridized carbons (Fsp3) is 0.143. The highest BCUT2D eigenvalue weighted by Gasteiger charge is 1.57. The highest BCUT2D eigenvalue weighted by Crippen LogP contribution is 1.76. The summed E-state index contributed by atoms with van der Waals surface area (Å²) >= 11 is 0. The zero-order chi connectivity index (χ0) is 6.24. The van der Waals surface area contributed by atoms with Gasteiger partial charge in [0.1, 0.15) is 0 Å². The Labute approximate surface area is 50.0 Å². The van der Waals surface area contributed by atoms with Gasteiger partial charge in [-0.1, -0.05) is 24.8 Å². The van der Waals surface area contributed by atoms with Crippen molar-refractivity contribution in [1.82, 2.24) is 0 Å². The van der Waals surface area contributed by atoms with Crippen LogP contribution in [0, 0.1) is 0 Å². The van der Waals surface area contributed by atoms with Crippen LogP contribution >= 0.6 is 0 Å². The molecule has 1 nitrogen and oxygen atoms in total. The highest BCUT2D eigenvalue weighted by molar-refractivity contribution is 5.06.